The minimum Gasteiger partial charge on any atom is -0.393 e. The van der Waals surface area contributed by atoms with Crippen molar-refractivity contribution in [2.75, 3.05) is 13.2 Å². The molecule has 0 radical (unpaired) electrons. The fourth-order valence-corrected chi connectivity index (χ4v) is 1.97. The predicted molar refractivity (Wildman–Crippen MR) is 74.0 cm³/mol. The van der Waals surface area contributed by atoms with E-state index in [0.29, 0.717) is 4.99 Å². The summed E-state index contributed by atoms with van der Waals surface area (Å²) in [5, 5.41) is 2.09. The summed E-state index contributed by atoms with van der Waals surface area (Å²) in [5.41, 5.74) is 5.54. The third-order valence-electron chi connectivity index (χ3n) is 2.61. The molecule has 0 unspecified atom stereocenters. The lowest BCUT2D eigenvalue weighted by Gasteiger charge is -2.22. The Morgan fingerprint density at radius 2 is 2.25 bits per heavy atom. The second kappa shape index (κ2) is 6.33. The molecule has 2 nitrogen and oxygen atoms in total. The van der Waals surface area contributed by atoms with Crippen molar-refractivity contribution in [2.45, 2.75) is 26.7 Å². The van der Waals surface area contributed by atoms with Crippen LogP contribution in [0.3, 0.4) is 0 Å². The molecule has 0 fully saturated rings. The van der Waals surface area contributed by atoms with Gasteiger partial charge in [0.15, 0.2) is 0 Å². The lowest BCUT2D eigenvalue weighted by Crippen LogP contribution is -2.30. The van der Waals surface area contributed by atoms with Crippen LogP contribution >= 0.6 is 23.6 Å². The predicted octanol–water partition coefficient (Wildman–Crippen LogP) is 3.01. The Kier molecular flexibility index (Phi) is 5.38. The molecule has 16 heavy (non-hydrogen) atoms. The van der Waals surface area contributed by atoms with E-state index >= 15 is 0 Å². The number of thiocarbonyl (C=S) groups is 1. The molecular formula is C12H19NOS2. The van der Waals surface area contributed by atoms with Gasteiger partial charge in [0.2, 0.25) is 0 Å². The van der Waals surface area contributed by atoms with Crippen LogP contribution in [-0.4, -0.2) is 18.2 Å². The highest BCUT2D eigenvalue weighted by molar-refractivity contribution is 7.80. The van der Waals surface area contributed by atoms with E-state index in [1.54, 1.807) is 11.3 Å². The molecular weight excluding hydrogens is 238 g/mol. The van der Waals surface area contributed by atoms with Crippen LogP contribution < -0.4 is 5.73 Å². The van der Waals surface area contributed by atoms with Crippen LogP contribution in [0.5, 0.6) is 0 Å². The van der Waals surface area contributed by atoms with Gasteiger partial charge in [-0.15, -0.1) is 11.3 Å². The first-order valence-electron chi connectivity index (χ1n) is 5.42. The molecule has 0 bridgehead atoms. The number of hydrogen-bond donors (Lipinski definition) is 1. The van der Waals surface area contributed by atoms with E-state index in [2.05, 4.69) is 31.4 Å². The van der Waals surface area contributed by atoms with Gasteiger partial charge < -0.3 is 10.5 Å². The second-order valence-corrected chi connectivity index (χ2v) is 5.91. The molecule has 0 aliphatic heterocycles. The topological polar surface area (TPSA) is 35.2 Å². The molecule has 0 amide bonds. The third-order valence-corrected chi connectivity index (χ3v) is 4.10. The summed E-state index contributed by atoms with van der Waals surface area (Å²) in [6.07, 6.45) is 1.87. The van der Waals surface area contributed by atoms with Crippen LogP contribution in [0.15, 0.2) is 17.5 Å². The Morgan fingerprint density at radius 1 is 1.50 bits per heavy atom. The Bertz CT molecular complexity index is 320. The summed E-state index contributed by atoms with van der Waals surface area (Å²) in [6.45, 7) is 5.60. The van der Waals surface area contributed by atoms with Crippen LogP contribution in [0, 0.1) is 5.41 Å². The highest BCUT2D eigenvalue weighted by Crippen LogP contribution is 2.20. The summed E-state index contributed by atoms with van der Waals surface area (Å²) in [6, 6.07) is 4.20. The number of nitrogens with two attached hydrogens (primary N) is 1. The molecule has 90 valence electrons. The molecule has 0 saturated carbocycles. The van der Waals surface area contributed by atoms with Gasteiger partial charge in [0.05, 0.1) is 11.6 Å². The zero-order valence-corrected chi connectivity index (χ0v) is 11.5. The van der Waals surface area contributed by atoms with Crippen LogP contribution in [0.4, 0.5) is 0 Å². The van der Waals surface area contributed by atoms with E-state index in [0.717, 1.165) is 26.1 Å². The molecule has 0 atom stereocenters. The van der Waals surface area contributed by atoms with Crippen molar-refractivity contribution < 1.29 is 4.74 Å². The minimum atomic E-state index is -0.0989. The van der Waals surface area contributed by atoms with E-state index < -0.39 is 0 Å². The zero-order valence-electron chi connectivity index (χ0n) is 9.86. The third kappa shape index (κ3) is 4.60. The molecule has 4 heteroatoms. The first-order valence-corrected chi connectivity index (χ1v) is 6.71. The van der Waals surface area contributed by atoms with Gasteiger partial charge >= 0.3 is 0 Å². The van der Waals surface area contributed by atoms with Crippen molar-refractivity contribution in [3.63, 3.8) is 0 Å². The smallest absolute Gasteiger partial charge is 0.0785 e. The van der Waals surface area contributed by atoms with E-state index in [1.165, 1.54) is 4.88 Å². The van der Waals surface area contributed by atoms with Crippen molar-refractivity contribution in [1.82, 2.24) is 0 Å². The fourth-order valence-electron chi connectivity index (χ4n) is 1.18. The van der Waals surface area contributed by atoms with E-state index in [9.17, 15) is 0 Å². The van der Waals surface area contributed by atoms with Crippen molar-refractivity contribution in [2.24, 2.45) is 11.1 Å². The molecule has 0 aliphatic carbocycles. The van der Waals surface area contributed by atoms with Gasteiger partial charge in [-0.1, -0.05) is 32.1 Å². The Balaban J connectivity index is 2.10. The molecule has 1 rings (SSSR count). The summed E-state index contributed by atoms with van der Waals surface area (Å²) >= 11 is 6.77. The normalized spacial score (nSPS) is 11.6. The standard InChI is InChI=1S/C12H19NOS2/c1-12(2,11(13)15)6-8-14-7-5-10-4-3-9-16-10/h3-4,9H,5-8H2,1-2H3,(H2,13,15). The first kappa shape index (κ1) is 13.6. The van der Waals surface area contributed by atoms with Gasteiger partial charge in [-0.05, 0) is 17.9 Å². The second-order valence-electron chi connectivity index (χ2n) is 4.44. The van der Waals surface area contributed by atoms with Crippen LogP contribution in [0.2, 0.25) is 0 Å². The maximum atomic E-state index is 5.64. The largest absolute Gasteiger partial charge is 0.393 e. The van der Waals surface area contributed by atoms with Crippen molar-refractivity contribution >= 4 is 28.5 Å². The van der Waals surface area contributed by atoms with Gasteiger partial charge in [0, 0.05) is 23.3 Å². The van der Waals surface area contributed by atoms with Gasteiger partial charge in [0.25, 0.3) is 0 Å². The van der Waals surface area contributed by atoms with Crippen molar-refractivity contribution in [3.8, 4) is 0 Å². The van der Waals surface area contributed by atoms with Gasteiger partial charge in [0.1, 0.15) is 0 Å². The fraction of sp³-hybridized carbons (Fsp3) is 0.583. The van der Waals surface area contributed by atoms with Crippen molar-refractivity contribution in [3.05, 3.63) is 22.4 Å². The summed E-state index contributed by atoms with van der Waals surface area (Å²) in [4.78, 5) is 1.93. The summed E-state index contributed by atoms with van der Waals surface area (Å²) in [5.74, 6) is 0. The van der Waals surface area contributed by atoms with Crippen LogP contribution in [0.25, 0.3) is 0 Å². The van der Waals surface area contributed by atoms with Crippen LogP contribution in [-0.2, 0) is 11.2 Å². The first-order chi connectivity index (χ1) is 7.52. The number of rotatable bonds is 7. The maximum Gasteiger partial charge on any atom is 0.0785 e. The van der Waals surface area contributed by atoms with Gasteiger partial charge in [-0.2, -0.15) is 0 Å². The highest BCUT2D eigenvalue weighted by Gasteiger charge is 2.20. The molecule has 2 N–H and O–H groups in total. The average Bonchev–Trinajstić information content (AvgIpc) is 2.69. The quantitative estimate of drug-likeness (QED) is 0.602. The Labute approximate surface area is 107 Å². The summed E-state index contributed by atoms with van der Waals surface area (Å²) in [7, 11) is 0. The maximum absolute atomic E-state index is 5.64. The molecule has 1 aromatic rings. The molecule has 1 heterocycles. The zero-order chi connectivity index (χ0) is 12.0. The number of hydrogen-bond acceptors (Lipinski definition) is 3. The highest BCUT2D eigenvalue weighted by atomic mass is 32.1. The molecule has 0 aromatic carbocycles. The van der Waals surface area contributed by atoms with Crippen molar-refractivity contribution in [1.29, 1.82) is 0 Å². The molecule has 1 aromatic heterocycles. The molecule has 0 aliphatic rings. The molecule has 0 spiro atoms. The summed E-state index contributed by atoms with van der Waals surface area (Å²) < 4.78 is 5.58. The van der Waals surface area contributed by atoms with Gasteiger partial charge in [-0.3, -0.25) is 0 Å². The molecule has 0 saturated heterocycles. The lowest BCUT2D eigenvalue weighted by molar-refractivity contribution is 0.120. The Hall–Kier alpha value is -0.450. The monoisotopic (exact) mass is 257 g/mol. The SMILES string of the molecule is CC(C)(CCOCCc1cccs1)C(N)=S. The number of thiophene rings is 1. The minimum absolute atomic E-state index is 0.0989. The van der Waals surface area contributed by atoms with E-state index in [1.807, 2.05) is 0 Å². The van der Waals surface area contributed by atoms with Crippen LogP contribution in [0.1, 0.15) is 25.1 Å². The van der Waals surface area contributed by atoms with Gasteiger partial charge in [-0.25, -0.2) is 0 Å². The van der Waals surface area contributed by atoms with E-state index in [-0.39, 0.29) is 5.41 Å². The van der Waals surface area contributed by atoms with E-state index in [4.69, 9.17) is 22.7 Å². The lowest BCUT2D eigenvalue weighted by atomic mass is 9.90. The number of ether oxygens (including phenoxy) is 1. The average molecular weight is 257 g/mol. The Morgan fingerprint density at radius 3 is 2.81 bits per heavy atom.